The van der Waals surface area contributed by atoms with Crippen LogP contribution in [0.15, 0.2) is 81.9 Å². The Morgan fingerprint density at radius 3 is 2.45 bits per heavy atom. The Hall–Kier alpha value is -3.14. The Labute approximate surface area is 171 Å². The summed E-state index contributed by atoms with van der Waals surface area (Å²) in [7, 11) is -2.71. The highest BCUT2D eigenvalue weighted by atomic mass is 32.2. The first-order valence-electron chi connectivity index (χ1n) is 8.48. The lowest BCUT2D eigenvalue weighted by atomic mass is 10.2. The van der Waals surface area contributed by atoms with Crippen LogP contribution in [-0.4, -0.2) is 25.6 Å². The topological polar surface area (TPSA) is 101 Å². The highest BCUT2D eigenvalue weighted by Crippen LogP contribution is 2.34. The number of azo groups is 1. The van der Waals surface area contributed by atoms with Crippen molar-refractivity contribution in [1.82, 2.24) is 4.98 Å². The van der Waals surface area contributed by atoms with Gasteiger partial charge in [-0.1, -0.05) is 18.2 Å². The summed E-state index contributed by atoms with van der Waals surface area (Å²) >= 11 is 1.39. The zero-order valence-electron chi connectivity index (χ0n) is 15.2. The first kappa shape index (κ1) is 19.2. The fourth-order valence-corrected chi connectivity index (χ4v) is 4.55. The van der Waals surface area contributed by atoms with E-state index in [0.717, 1.165) is 17.4 Å². The highest BCUT2D eigenvalue weighted by molar-refractivity contribution is 7.87. The molecule has 0 saturated carbocycles. The summed E-state index contributed by atoms with van der Waals surface area (Å²) in [5, 5.41) is 18.6. The van der Waals surface area contributed by atoms with Gasteiger partial charge in [0.05, 0.1) is 17.5 Å². The molecule has 0 atom stereocenters. The Bertz CT molecular complexity index is 1310. The summed E-state index contributed by atoms with van der Waals surface area (Å²) in [6.45, 7) is 0. The van der Waals surface area contributed by atoms with Crippen LogP contribution in [0.2, 0.25) is 0 Å². The van der Waals surface area contributed by atoms with Crippen molar-refractivity contribution in [1.29, 1.82) is 0 Å². The fraction of sp³-hybridized carbons (Fsp3) is 0.0500. The number of benzene rings is 3. The Morgan fingerprint density at radius 1 is 0.966 bits per heavy atom. The maximum atomic E-state index is 12.1. The van der Waals surface area contributed by atoms with Crippen LogP contribution in [-0.2, 0) is 14.3 Å². The molecule has 1 heterocycles. The monoisotopic (exact) mass is 425 g/mol. The van der Waals surface area contributed by atoms with E-state index in [1.807, 2.05) is 18.2 Å². The Morgan fingerprint density at radius 2 is 1.72 bits per heavy atom. The maximum absolute atomic E-state index is 12.1. The third-order valence-electron chi connectivity index (χ3n) is 4.14. The second-order valence-electron chi connectivity index (χ2n) is 5.98. The molecule has 1 N–H and O–H groups in total. The standard InChI is InChI=1S/C20H15N3O4S2/c1-27-29(25,26)18-8-4-7-17-19(18)21-20(28-17)13-9-11-14(12-10-13)22-23-15-5-2-3-6-16(15)24/h2-12,24H,1H3. The van der Waals surface area contributed by atoms with Gasteiger partial charge in [-0.2, -0.15) is 13.5 Å². The molecule has 3 aromatic carbocycles. The summed E-state index contributed by atoms with van der Waals surface area (Å²) < 4.78 is 29.6. The molecule has 0 aliphatic heterocycles. The van der Waals surface area contributed by atoms with Crippen molar-refractivity contribution in [2.45, 2.75) is 4.90 Å². The predicted molar refractivity (Wildman–Crippen MR) is 112 cm³/mol. The number of rotatable bonds is 5. The third-order valence-corrected chi connectivity index (χ3v) is 6.52. The van der Waals surface area contributed by atoms with Gasteiger partial charge in [0.1, 0.15) is 26.9 Å². The van der Waals surface area contributed by atoms with Crippen LogP contribution in [0.4, 0.5) is 11.4 Å². The summed E-state index contributed by atoms with van der Waals surface area (Å²) in [5.74, 6) is 0.0594. The lowest BCUT2D eigenvalue weighted by Gasteiger charge is -2.01. The van der Waals surface area contributed by atoms with E-state index in [1.54, 1.807) is 42.5 Å². The van der Waals surface area contributed by atoms with E-state index in [1.165, 1.54) is 17.4 Å². The first-order chi connectivity index (χ1) is 14.0. The van der Waals surface area contributed by atoms with E-state index < -0.39 is 10.1 Å². The number of aromatic hydroxyl groups is 1. The molecular weight excluding hydrogens is 410 g/mol. The van der Waals surface area contributed by atoms with Crippen molar-refractivity contribution >= 4 is 43.0 Å². The van der Waals surface area contributed by atoms with Crippen molar-refractivity contribution in [2.75, 3.05) is 7.11 Å². The Balaban J connectivity index is 1.65. The van der Waals surface area contributed by atoms with Crippen LogP contribution in [0.3, 0.4) is 0 Å². The molecule has 0 unspecified atom stereocenters. The minimum atomic E-state index is -3.84. The lowest BCUT2D eigenvalue weighted by Crippen LogP contribution is -2.03. The van der Waals surface area contributed by atoms with E-state index in [9.17, 15) is 13.5 Å². The smallest absolute Gasteiger partial charge is 0.298 e. The molecule has 0 bridgehead atoms. The van der Waals surface area contributed by atoms with Gasteiger partial charge in [0.15, 0.2) is 0 Å². The van der Waals surface area contributed by atoms with Crippen LogP contribution < -0.4 is 0 Å². The zero-order valence-corrected chi connectivity index (χ0v) is 16.8. The minimum absolute atomic E-state index is 0.0492. The number of phenolic OH excluding ortho intramolecular Hbond substituents is 1. The molecule has 0 fully saturated rings. The molecule has 0 radical (unpaired) electrons. The minimum Gasteiger partial charge on any atom is -0.506 e. The second-order valence-corrected chi connectivity index (χ2v) is 8.69. The van der Waals surface area contributed by atoms with Crippen LogP contribution in [0.25, 0.3) is 20.8 Å². The normalized spacial score (nSPS) is 12.0. The van der Waals surface area contributed by atoms with Crippen molar-refractivity contribution in [3.8, 4) is 16.3 Å². The van der Waals surface area contributed by atoms with Crippen molar-refractivity contribution in [2.24, 2.45) is 10.2 Å². The molecule has 0 spiro atoms. The zero-order chi connectivity index (χ0) is 20.4. The molecule has 4 rings (SSSR count). The number of hydrogen-bond donors (Lipinski definition) is 1. The molecule has 4 aromatic rings. The quantitative estimate of drug-likeness (QED) is 0.340. The number of phenols is 1. The summed E-state index contributed by atoms with van der Waals surface area (Å²) in [6.07, 6.45) is 0. The average molecular weight is 425 g/mol. The molecule has 0 aliphatic carbocycles. The Kier molecular flexibility index (Phi) is 5.10. The number of para-hydroxylation sites is 2. The van der Waals surface area contributed by atoms with Gasteiger partial charge in [-0.15, -0.1) is 16.5 Å². The van der Waals surface area contributed by atoms with E-state index in [2.05, 4.69) is 19.4 Å². The van der Waals surface area contributed by atoms with Gasteiger partial charge in [-0.3, -0.25) is 4.18 Å². The second kappa shape index (κ2) is 7.70. The molecular formula is C20H15N3O4S2. The first-order valence-corrected chi connectivity index (χ1v) is 10.7. The van der Waals surface area contributed by atoms with Crippen molar-refractivity contribution in [3.05, 3.63) is 66.7 Å². The third kappa shape index (κ3) is 3.88. The predicted octanol–water partition coefficient (Wildman–Crippen LogP) is 5.42. The van der Waals surface area contributed by atoms with E-state index in [0.29, 0.717) is 21.9 Å². The van der Waals surface area contributed by atoms with Gasteiger partial charge >= 0.3 is 0 Å². The summed E-state index contributed by atoms with van der Waals surface area (Å²) in [5.41, 5.74) is 2.21. The maximum Gasteiger partial charge on any atom is 0.298 e. The van der Waals surface area contributed by atoms with Gasteiger partial charge in [-0.25, -0.2) is 4.98 Å². The number of nitrogens with zero attached hydrogens (tertiary/aromatic N) is 3. The molecule has 0 saturated heterocycles. The lowest BCUT2D eigenvalue weighted by molar-refractivity contribution is 0.398. The SMILES string of the molecule is COS(=O)(=O)c1cccc2sc(-c3ccc(N=Nc4ccccc4O)cc3)nc12. The fourth-order valence-electron chi connectivity index (χ4n) is 2.67. The number of fused-ring (bicyclic) bond motifs is 1. The number of hydrogen-bond acceptors (Lipinski definition) is 8. The largest absolute Gasteiger partial charge is 0.506 e. The molecule has 146 valence electrons. The van der Waals surface area contributed by atoms with E-state index in [-0.39, 0.29) is 10.6 Å². The van der Waals surface area contributed by atoms with Gasteiger partial charge in [0.25, 0.3) is 10.1 Å². The number of thiazole rings is 1. The van der Waals surface area contributed by atoms with Crippen LogP contribution in [0.1, 0.15) is 0 Å². The molecule has 29 heavy (non-hydrogen) atoms. The van der Waals surface area contributed by atoms with Crippen LogP contribution in [0.5, 0.6) is 5.75 Å². The molecule has 1 aromatic heterocycles. The molecule has 7 nitrogen and oxygen atoms in total. The highest BCUT2D eigenvalue weighted by Gasteiger charge is 2.20. The van der Waals surface area contributed by atoms with E-state index in [4.69, 9.17) is 0 Å². The molecule has 0 amide bonds. The van der Waals surface area contributed by atoms with Crippen LogP contribution >= 0.6 is 11.3 Å². The molecule has 9 heteroatoms. The van der Waals surface area contributed by atoms with Crippen LogP contribution in [0, 0.1) is 0 Å². The van der Waals surface area contributed by atoms with Gasteiger partial charge in [0, 0.05) is 5.56 Å². The molecule has 0 aliphatic rings. The van der Waals surface area contributed by atoms with Gasteiger partial charge < -0.3 is 5.11 Å². The van der Waals surface area contributed by atoms with Gasteiger partial charge in [0.2, 0.25) is 0 Å². The van der Waals surface area contributed by atoms with Crippen molar-refractivity contribution in [3.63, 3.8) is 0 Å². The number of aromatic nitrogens is 1. The summed E-state index contributed by atoms with van der Waals surface area (Å²) in [4.78, 5) is 4.55. The van der Waals surface area contributed by atoms with E-state index >= 15 is 0 Å². The summed E-state index contributed by atoms with van der Waals surface area (Å²) in [6, 6.07) is 18.9. The average Bonchev–Trinajstić information content (AvgIpc) is 3.18. The van der Waals surface area contributed by atoms with Gasteiger partial charge in [-0.05, 0) is 48.5 Å². The van der Waals surface area contributed by atoms with Crippen molar-refractivity contribution < 1.29 is 17.7 Å².